The van der Waals surface area contributed by atoms with Gasteiger partial charge in [-0.15, -0.1) is 0 Å². The van der Waals surface area contributed by atoms with E-state index in [0.717, 1.165) is 10.0 Å². The van der Waals surface area contributed by atoms with Gasteiger partial charge < -0.3 is 5.32 Å². The molecule has 2 rings (SSSR count). The molecular formula is C13H12BrClFN3. The summed E-state index contributed by atoms with van der Waals surface area (Å²) in [6.07, 6.45) is 2.10. The van der Waals surface area contributed by atoms with E-state index in [2.05, 4.69) is 31.2 Å². The molecule has 19 heavy (non-hydrogen) atoms. The van der Waals surface area contributed by atoms with Gasteiger partial charge in [-0.25, -0.2) is 14.4 Å². The van der Waals surface area contributed by atoms with Crippen molar-refractivity contribution in [2.45, 2.75) is 19.9 Å². The number of hydrogen-bond donors (Lipinski definition) is 1. The first-order chi connectivity index (χ1) is 9.11. The van der Waals surface area contributed by atoms with E-state index in [1.807, 2.05) is 6.92 Å². The van der Waals surface area contributed by atoms with Crippen LogP contribution in [-0.2, 0) is 13.0 Å². The van der Waals surface area contributed by atoms with Gasteiger partial charge in [0.15, 0.2) is 0 Å². The quantitative estimate of drug-likeness (QED) is 0.845. The Morgan fingerprint density at radius 3 is 2.89 bits per heavy atom. The van der Waals surface area contributed by atoms with E-state index in [1.54, 1.807) is 12.1 Å². The van der Waals surface area contributed by atoms with Crippen molar-refractivity contribution in [1.29, 1.82) is 0 Å². The minimum Gasteiger partial charge on any atom is -0.366 e. The van der Waals surface area contributed by atoms with E-state index in [1.165, 1.54) is 12.4 Å². The van der Waals surface area contributed by atoms with Gasteiger partial charge in [0.25, 0.3) is 0 Å². The van der Waals surface area contributed by atoms with Crippen LogP contribution in [0.2, 0.25) is 5.15 Å². The van der Waals surface area contributed by atoms with Gasteiger partial charge in [0, 0.05) is 22.1 Å². The van der Waals surface area contributed by atoms with Crippen molar-refractivity contribution in [2.75, 3.05) is 5.32 Å². The maximum Gasteiger partial charge on any atom is 0.137 e. The monoisotopic (exact) mass is 343 g/mol. The summed E-state index contributed by atoms with van der Waals surface area (Å²) in [6, 6.07) is 4.82. The summed E-state index contributed by atoms with van der Waals surface area (Å²) in [7, 11) is 0. The summed E-state index contributed by atoms with van der Waals surface area (Å²) < 4.78 is 14.4. The number of aromatic nitrogens is 2. The summed E-state index contributed by atoms with van der Waals surface area (Å²) in [5.41, 5.74) is 1.39. The van der Waals surface area contributed by atoms with Crippen molar-refractivity contribution in [1.82, 2.24) is 9.97 Å². The van der Waals surface area contributed by atoms with Crippen molar-refractivity contribution in [3.05, 3.63) is 51.1 Å². The maximum absolute atomic E-state index is 13.6. The van der Waals surface area contributed by atoms with Crippen LogP contribution in [0.5, 0.6) is 0 Å². The highest BCUT2D eigenvalue weighted by Crippen LogP contribution is 2.22. The number of hydrogen-bond acceptors (Lipinski definition) is 3. The lowest BCUT2D eigenvalue weighted by Gasteiger charge is -2.11. The zero-order chi connectivity index (χ0) is 13.8. The third-order valence-corrected chi connectivity index (χ3v) is 3.52. The molecule has 0 bridgehead atoms. The van der Waals surface area contributed by atoms with Crippen LogP contribution in [0, 0.1) is 5.82 Å². The minimum absolute atomic E-state index is 0.256. The number of anilines is 1. The minimum atomic E-state index is -0.256. The van der Waals surface area contributed by atoms with Crippen LogP contribution in [0.25, 0.3) is 0 Å². The van der Waals surface area contributed by atoms with Gasteiger partial charge in [-0.05, 0) is 24.6 Å². The molecule has 6 heteroatoms. The lowest BCUT2D eigenvalue weighted by molar-refractivity contribution is 0.612. The van der Waals surface area contributed by atoms with Gasteiger partial charge in [0.1, 0.15) is 23.1 Å². The molecule has 1 aromatic carbocycles. The molecular weight excluding hydrogens is 333 g/mol. The zero-order valence-corrected chi connectivity index (χ0v) is 12.6. The van der Waals surface area contributed by atoms with E-state index in [0.29, 0.717) is 29.5 Å². The van der Waals surface area contributed by atoms with Gasteiger partial charge in [-0.3, -0.25) is 0 Å². The summed E-state index contributed by atoms with van der Waals surface area (Å²) >= 11 is 9.32. The van der Waals surface area contributed by atoms with Gasteiger partial charge >= 0.3 is 0 Å². The number of benzene rings is 1. The molecule has 0 fully saturated rings. The standard InChI is InChI=1S/C13H12BrClFN3/c1-2-10-12(15)18-7-19-13(10)17-6-8-5-9(14)3-4-11(8)16/h3-5,7H,2,6H2,1H3,(H,17,18,19). The summed E-state index contributed by atoms with van der Waals surface area (Å²) in [4.78, 5) is 8.07. The van der Waals surface area contributed by atoms with E-state index < -0.39 is 0 Å². The molecule has 0 saturated heterocycles. The third kappa shape index (κ3) is 3.42. The van der Waals surface area contributed by atoms with Crippen LogP contribution in [0.4, 0.5) is 10.2 Å². The Labute approximate surface area is 124 Å². The first-order valence-corrected chi connectivity index (χ1v) is 6.96. The van der Waals surface area contributed by atoms with Crippen LogP contribution >= 0.6 is 27.5 Å². The zero-order valence-electron chi connectivity index (χ0n) is 10.3. The average molecular weight is 345 g/mol. The number of halogens is 3. The van der Waals surface area contributed by atoms with Crippen molar-refractivity contribution in [2.24, 2.45) is 0 Å². The van der Waals surface area contributed by atoms with E-state index in [4.69, 9.17) is 11.6 Å². The first-order valence-electron chi connectivity index (χ1n) is 5.79. The average Bonchev–Trinajstić information content (AvgIpc) is 2.40. The Bertz CT molecular complexity index is 592. The third-order valence-electron chi connectivity index (χ3n) is 2.70. The summed E-state index contributed by atoms with van der Waals surface area (Å²) in [5, 5.41) is 3.52. The smallest absolute Gasteiger partial charge is 0.137 e. The van der Waals surface area contributed by atoms with Gasteiger partial charge in [-0.2, -0.15) is 0 Å². The molecule has 1 N–H and O–H groups in total. The second kappa shape index (κ2) is 6.30. The van der Waals surface area contributed by atoms with E-state index >= 15 is 0 Å². The number of nitrogens with zero attached hydrogens (tertiary/aromatic N) is 2. The van der Waals surface area contributed by atoms with Crippen molar-refractivity contribution < 1.29 is 4.39 Å². The highest BCUT2D eigenvalue weighted by atomic mass is 79.9. The molecule has 0 aliphatic rings. The summed E-state index contributed by atoms with van der Waals surface area (Å²) in [6.45, 7) is 2.31. The first kappa shape index (κ1) is 14.2. The molecule has 0 spiro atoms. The molecule has 3 nitrogen and oxygen atoms in total. The number of nitrogens with one attached hydrogen (secondary N) is 1. The van der Waals surface area contributed by atoms with Crippen LogP contribution in [-0.4, -0.2) is 9.97 Å². The van der Waals surface area contributed by atoms with Crippen molar-refractivity contribution in [3.8, 4) is 0 Å². The molecule has 0 aliphatic carbocycles. The predicted molar refractivity (Wildman–Crippen MR) is 77.8 cm³/mol. The fourth-order valence-electron chi connectivity index (χ4n) is 1.71. The van der Waals surface area contributed by atoms with Crippen molar-refractivity contribution in [3.63, 3.8) is 0 Å². The normalized spacial score (nSPS) is 10.5. The van der Waals surface area contributed by atoms with Crippen LogP contribution in [0.3, 0.4) is 0 Å². The van der Waals surface area contributed by atoms with Crippen LogP contribution in [0.15, 0.2) is 29.0 Å². The fourth-order valence-corrected chi connectivity index (χ4v) is 2.39. The Balaban J connectivity index is 2.19. The maximum atomic E-state index is 13.6. The van der Waals surface area contributed by atoms with Crippen LogP contribution in [0.1, 0.15) is 18.1 Å². The molecule has 0 unspecified atom stereocenters. The van der Waals surface area contributed by atoms with Gasteiger partial charge in [-0.1, -0.05) is 34.5 Å². The Morgan fingerprint density at radius 1 is 1.37 bits per heavy atom. The lowest BCUT2D eigenvalue weighted by Crippen LogP contribution is -2.07. The predicted octanol–water partition coefficient (Wildman–Crippen LogP) is 4.21. The molecule has 100 valence electrons. The second-order valence-corrected chi connectivity index (χ2v) is 5.21. The van der Waals surface area contributed by atoms with Crippen LogP contribution < -0.4 is 5.32 Å². The van der Waals surface area contributed by atoms with Crippen molar-refractivity contribution >= 4 is 33.3 Å². The highest BCUT2D eigenvalue weighted by molar-refractivity contribution is 9.10. The molecule has 1 heterocycles. The molecule has 0 amide bonds. The summed E-state index contributed by atoms with van der Waals surface area (Å²) in [5.74, 6) is 0.385. The molecule has 0 radical (unpaired) electrons. The molecule has 0 atom stereocenters. The Morgan fingerprint density at radius 2 is 2.16 bits per heavy atom. The van der Waals surface area contributed by atoms with E-state index in [9.17, 15) is 4.39 Å². The molecule has 0 aliphatic heterocycles. The lowest BCUT2D eigenvalue weighted by atomic mass is 10.2. The fraction of sp³-hybridized carbons (Fsp3) is 0.231. The topological polar surface area (TPSA) is 37.8 Å². The van der Waals surface area contributed by atoms with E-state index in [-0.39, 0.29) is 5.82 Å². The molecule has 2 aromatic rings. The van der Waals surface area contributed by atoms with Gasteiger partial charge in [0.2, 0.25) is 0 Å². The molecule has 0 saturated carbocycles. The number of rotatable bonds is 4. The molecule has 1 aromatic heterocycles. The highest BCUT2D eigenvalue weighted by Gasteiger charge is 2.09. The second-order valence-electron chi connectivity index (χ2n) is 3.93. The van der Waals surface area contributed by atoms with Gasteiger partial charge in [0.05, 0.1) is 0 Å². The Kier molecular flexibility index (Phi) is 4.71. The SMILES string of the molecule is CCc1c(Cl)ncnc1NCc1cc(Br)ccc1F. The largest absolute Gasteiger partial charge is 0.366 e. The Hall–Kier alpha value is -1.20.